The maximum absolute atomic E-state index is 2.28. The van der Waals surface area contributed by atoms with Crippen molar-refractivity contribution in [3.8, 4) is 0 Å². The van der Waals surface area contributed by atoms with E-state index in [1.54, 1.807) is 30.6 Å². The third-order valence-electron chi connectivity index (χ3n) is 6.16. The first-order chi connectivity index (χ1) is 9.88. The van der Waals surface area contributed by atoms with E-state index in [1.807, 2.05) is 4.90 Å². The lowest BCUT2D eigenvalue weighted by molar-refractivity contribution is -1.03. The third-order valence-corrected chi connectivity index (χ3v) is 6.16. The van der Waals surface area contributed by atoms with Gasteiger partial charge in [-0.25, -0.2) is 0 Å². The largest absolute Gasteiger partial charge is 0.323 e. The first-order valence-corrected chi connectivity index (χ1v) is 8.60. The Morgan fingerprint density at radius 3 is 2.35 bits per heavy atom. The van der Waals surface area contributed by atoms with E-state index in [9.17, 15) is 0 Å². The van der Waals surface area contributed by atoms with Crippen LogP contribution in [0.25, 0.3) is 0 Å². The zero-order valence-corrected chi connectivity index (χ0v) is 12.5. The Labute approximate surface area is 122 Å². The van der Waals surface area contributed by atoms with Crippen LogP contribution < -0.4 is 9.80 Å². The summed E-state index contributed by atoms with van der Waals surface area (Å²) in [5, 5.41) is 0. The Hall–Kier alpha value is -0.860. The highest BCUT2D eigenvalue weighted by atomic mass is 15.3. The molecule has 0 amide bonds. The minimum atomic E-state index is 1.03. The van der Waals surface area contributed by atoms with Gasteiger partial charge in [0.25, 0.3) is 0 Å². The van der Waals surface area contributed by atoms with Crippen LogP contribution in [0.2, 0.25) is 0 Å². The Morgan fingerprint density at radius 1 is 0.900 bits per heavy atom. The van der Waals surface area contributed by atoms with E-state index in [0.29, 0.717) is 0 Å². The fourth-order valence-electron chi connectivity index (χ4n) is 5.10. The normalized spacial score (nSPS) is 40.1. The molecule has 1 aliphatic heterocycles. The van der Waals surface area contributed by atoms with Crippen LogP contribution in [-0.4, -0.2) is 32.2 Å². The van der Waals surface area contributed by atoms with Gasteiger partial charge in [-0.15, -0.1) is 0 Å². The van der Waals surface area contributed by atoms with E-state index >= 15 is 0 Å². The smallest absolute Gasteiger partial charge is 0.127 e. The van der Waals surface area contributed by atoms with E-state index in [4.69, 9.17) is 0 Å². The molecule has 3 fully saturated rings. The second kappa shape index (κ2) is 5.50. The Bertz CT molecular complexity index is 436. The fraction of sp³-hybridized carbons (Fsp3) is 0.667. The molecule has 1 aromatic rings. The molecule has 20 heavy (non-hydrogen) atoms. The van der Waals surface area contributed by atoms with Crippen LogP contribution >= 0.6 is 0 Å². The average Bonchev–Trinajstić information content (AvgIpc) is 3.12. The van der Waals surface area contributed by atoms with Crippen LogP contribution in [0, 0.1) is 11.8 Å². The molecule has 0 aromatic heterocycles. The van der Waals surface area contributed by atoms with Crippen molar-refractivity contribution in [2.75, 3.05) is 26.2 Å². The molecule has 2 bridgehead atoms. The summed E-state index contributed by atoms with van der Waals surface area (Å²) >= 11 is 0. The minimum Gasteiger partial charge on any atom is -0.323 e. The molecular weight excluding hydrogens is 244 g/mol. The summed E-state index contributed by atoms with van der Waals surface area (Å²) in [5.41, 5.74) is 1.51. The van der Waals surface area contributed by atoms with Crippen molar-refractivity contribution in [2.45, 2.75) is 38.3 Å². The van der Waals surface area contributed by atoms with Gasteiger partial charge in [0.15, 0.2) is 0 Å². The number of piperazine rings is 1. The molecule has 2 heteroatoms. The lowest BCUT2D eigenvalue weighted by atomic mass is 9.93. The van der Waals surface area contributed by atoms with Crippen molar-refractivity contribution in [1.29, 1.82) is 0 Å². The molecule has 1 saturated heterocycles. The van der Waals surface area contributed by atoms with Crippen LogP contribution in [0.4, 0.5) is 0 Å². The minimum absolute atomic E-state index is 1.03. The standard InChI is InChI=1S/C18H26N2/c1-2-4-15(5-3-1)14-19-8-10-20(11-9-19)18-13-16-6-7-17(18)12-16/h1-5,16-18H,6-14H2/p+2/t16-,17+,18+/m0/s1. The number of fused-ring (bicyclic) bond motifs is 2. The maximum atomic E-state index is 2.28. The topological polar surface area (TPSA) is 8.88 Å². The van der Waals surface area contributed by atoms with Gasteiger partial charge >= 0.3 is 0 Å². The van der Waals surface area contributed by atoms with Crippen molar-refractivity contribution in [2.24, 2.45) is 11.8 Å². The van der Waals surface area contributed by atoms with Gasteiger partial charge in [-0.3, -0.25) is 0 Å². The molecule has 0 unspecified atom stereocenters. The second-order valence-electron chi connectivity index (χ2n) is 7.35. The summed E-state index contributed by atoms with van der Waals surface area (Å²) < 4.78 is 0. The zero-order valence-electron chi connectivity index (χ0n) is 12.5. The molecule has 0 spiro atoms. The van der Waals surface area contributed by atoms with E-state index in [0.717, 1.165) is 17.9 Å². The van der Waals surface area contributed by atoms with Gasteiger partial charge < -0.3 is 9.80 Å². The Kier molecular flexibility index (Phi) is 3.53. The first kappa shape index (κ1) is 12.8. The lowest BCUT2D eigenvalue weighted by Gasteiger charge is -2.36. The van der Waals surface area contributed by atoms with Crippen LogP contribution in [-0.2, 0) is 6.54 Å². The Morgan fingerprint density at radius 2 is 1.70 bits per heavy atom. The van der Waals surface area contributed by atoms with Crippen LogP contribution in [0.1, 0.15) is 31.2 Å². The first-order valence-electron chi connectivity index (χ1n) is 8.60. The molecule has 4 rings (SSSR count). The van der Waals surface area contributed by atoms with Gasteiger partial charge in [-0.05, 0) is 25.2 Å². The van der Waals surface area contributed by atoms with Gasteiger partial charge in [-0.2, -0.15) is 0 Å². The number of hydrogen-bond donors (Lipinski definition) is 2. The molecule has 3 atom stereocenters. The maximum Gasteiger partial charge on any atom is 0.127 e. The lowest BCUT2D eigenvalue weighted by Crippen LogP contribution is -3.29. The molecule has 0 radical (unpaired) electrons. The predicted octanol–water partition coefficient (Wildman–Crippen LogP) is 0.159. The van der Waals surface area contributed by atoms with E-state index in [2.05, 4.69) is 30.3 Å². The molecular formula is C18H28N2+2. The number of quaternary nitrogens is 2. The molecule has 1 heterocycles. The van der Waals surface area contributed by atoms with Crippen molar-refractivity contribution < 1.29 is 9.80 Å². The van der Waals surface area contributed by atoms with E-state index in [-0.39, 0.29) is 0 Å². The van der Waals surface area contributed by atoms with Crippen molar-refractivity contribution in [3.63, 3.8) is 0 Å². The van der Waals surface area contributed by atoms with Crippen molar-refractivity contribution in [3.05, 3.63) is 35.9 Å². The highest BCUT2D eigenvalue weighted by molar-refractivity contribution is 5.13. The number of nitrogens with one attached hydrogen (secondary N) is 2. The van der Waals surface area contributed by atoms with Gasteiger partial charge in [0.2, 0.25) is 0 Å². The number of hydrogen-bond acceptors (Lipinski definition) is 0. The predicted molar refractivity (Wildman–Crippen MR) is 80.8 cm³/mol. The SMILES string of the molecule is c1ccc(C[NH+]2CC[NH+]([C@@H]3C[C@H]4CC[C@@H]3C4)CC2)cc1. The molecule has 3 aliphatic rings. The summed E-state index contributed by atoms with van der Waals surface area (Å²) in [6.45, 7) is 6.80. The van der Waals surface area contributed by atoms with Crippen molar-refractivity contribution >= 4 is 0 Å². The van der Waals surface area contributed by atoms with E-state index < -0.39 is 0 Å². The van der Waals surface area contributed by atoms with Crippen molar-refractivity contribution in [1.82, 2.24) is 0 Å². The second-order valence-corrected chi connectivity index (χ2v) is 7.35. The molecule has 2 saturated carbocycles. The van der Waals surface area contributed by atoms with E-state index in [1.165, 1.54) is 38.3 Å². The van der Waals surface area contributed by atoms with Gasteiger partial charge in [0, 0.05) is 17.9 Å². The Balaban J connectivity index is 1.30. The highest BCUT2D eigenvalue weighted by Gasteiger charge is 2.45. The van der Waals surface area contributed by atoms with Crippen LogP contribution in [0.15, 0.2) is 30.3 Å². The van der Waals surface area contributed by atoms with Gasteiger partial charge in [0.1, 0.15) is 32.7 Å². The molecule has 108 valence electrons. The summed E-state index contributed by atoms with van der Waals surface area (Å²) in [6.07, 6.45) is 6.20. The fourth-order valence-corrected chi connectivity index (χ4v) is 5.10. The highest BCUT2D eigenvalue weighted by Crippen LogP contribution is 2.43. The molecule has 2 nitrogen and oxygen atoms in total. The van der Waals surface area contributed by atoms with Crippen LogP contribution in [0.3, 0.4) is 0 Å². The summed E-state index contributed by atoms with van der Waals surface area (Å²) in [6, 6.07) is 12.1. The quantitative estimate of drug-likeness (QED) is 0.776. The number of benzene rings is 1. The molecule has 2 aliphatic carbocycles. The summed E-state index contributed by atoms with van der Waals surface area (Å²) in [4.78, 5) is 3.75. The molecule has 2 N–H and O–H groups in total. The van der Waals surface area contributed by atoms with Gasteiger partial charge in [-0.1, -0.05) is 30.3 Å². The third kappa shape index (κ3) is 2.51. The zero-order chi connectivity index (χ0) is 13.4. The van der Waals surface area contributed by atoms with Crippen LogP contribution in [0.5, 0.6) is 0 Å². The summed E-state index contributed by atoms with van der Waals surface area (Å²) in [5.74, 6) is 2.19. The molecule has 1 aromatic carbocycles. The summed E-state index contributed by atoms with van der Waals surface area (Å²) in [7, 11) is 0. The van der Waals surface area contributed by atoms with Gasteiger partial charge in [0.05, 0.1) is 6.04 Å². The monoisotopic (exact) mass is 272 g/mol. The number of rotatable bonds is 3. The average molecular weight is 272 g/mol.